The van der Waals surface area contributed by atoms with Gasteiger partial charge < -0.3 is 9.73 Å². The minimum Gasteiger partial charge on any atom is -0.438 e. The van der Waals surface area contributed by atoms with Crippen LogP contribution in [0.25, 0.3) is 0 Å². The van der Waals surface area contributed by atoms with E-state index in [2.05, 4.69) is 19.2 Å². The first-order chi connectivity index (χ1) is 9.32. The Hall–Kier alpha value is -1.34. The first-order valence-corrected chi connectivity index (χ1v) is 8.07. The van der Waals surface area contributed by atoms with Crippen LogP contribution in [0.1, 0.15) is 37.2 Å². The van der Waals surface area contributed by atoms with Crippen molar-refractivity contribution in [2.45, 2.75) is 31.8 Å². The van der Waals surface area contributed by atoms with E-state index in [1.165, 1.54) is 26.2 Å². The molecule has 20 heavy (non-hydrogen) atoms. The van der Waals surface area contributed by atoms with Crippen LogP contribution in [0.2, 0.25) is 0 Å². The molecule has 0 aliphatic rings. The molecule has 0 aliphatic heterocycles. The lowest BCUT2D eigenvalue weighted by molar-refractivity contribution is 0.0913. The third-order valence-corrected chi connectivity index (χ3v) is 4.94. The van der Waals surface area contributed by atoms with Crippen molar-refractivity contribution in [3.05, 3.63) is 17.9 Å². The minimum absolute atomic E-state index is 0.0105. The molecule has 1 aromatic heterocycles. The van der Waals surface area contributed by atoms with E-state index in [1.54, 1.807) is 0 Å². The number of sulfonamides is 1. The molecule has 114 valence electrons. The highest BCUT2D eigenvalue weighted by molar-refractivity contribution is 7.88. The van der Waals surface area contributed by atoms with Crippen LogP contribution in [0.3, 0.4) is 0 Å². The van der Waals surface area contributed by atoms with Crippen LogP contribution in [-0.4, -0.2) is 39.3 Å². The zero-order chi connectivity index (χ0) is 15.3. The van der Waals surface area contributed by atoms with Gasteiger partial charge in [0.25, 0.3) is 15.9 Å². The van der Waals surface area contributed by atoms with Gasteiger partial charge in [-0.3, -0.25) is 4.79 Å². The van der Waals surface area contributed by atoms with Gasteiger partial charge in [-0.2, -0.15) is 0 Å². The van der Waals surface area contributed by atoms with Crippen LogP contribution >= 0.6 is 0 Å². The van der Waals surface area contributed by atoms with Gasteiger partial charge in [0.1, 0.15) is 0 Å². The average Bonchev–Trinajstić information content (AvgIpc) is 2.89. The molecule has 0 unspecified atom stereocenters. The van der Waals surface area contributed by atoms with E-state index in [9.17, 15) is 13.2 Å². The fraction of sp³-hybridized carbons (Fsp3) is 0.615. The molecular formula is C13H22N2O4S. The molecule has 0 fully saturated rings. The molecule has 1 amide bonds. The van der Waals surface area contributed by atoms with Gasteiger partial charge in [-0.05, 0) is 18.1 Å². The highest BCUT2D eigenvalue weighted by Gasteiger charge is 2.23. The quantitative estimate of drug-likeness (QED) is 0.831. The van der Waals surface area contributed by atoms with Crippen LogP contribution in [0, 0.1) is 5.92 Å². The standard InChI is InChI=1S/C13H22N2O4S/c1-5-10(6-2)9-14-13(16)11-7-8-12(19-11)20(17,18)15(3)4/h7-8,10H,5-6,9H2,1-4H3,(H,14,16). The van der Waals surface area contributed by atoms with Gasteiger partial charge in [-0.1, -0.05) is 26.7 Å². The molecule has 0 aromatic carbocycles. The van der Waals surface area contributed by atoms with Gasteiger partial charge in [-0.15, -0.1) is 0 Å². The maximum atomic E-state index is 11.9. The van der Waals surface area contributed by atoms with Gasteiger partial charge in [0.2, 0.25) is 5.09 Å². The molecule has 1 heterocycles. The molecule has 0 spiro atoms. The summed E-state index contributed by atoms with van der Waals surface area (Å²) in [6.45, 7) is 4.69. The van der Waals surface area contributed by atoms with Crippen molar-refractivity contribution in [2.24, 2.45) is 5.92 Å². The fourth-order valence-corrected chi connectivity index (χ4v) is 2.46. The molecule has 0 aliphatic carbocycles. The van der Waals surface area contributed by atoms with Gasteiger partial charge in [0, 0.05) is 20.6 Å². The van der Waals surface area contributed by atoms with Crippen LogP contribution in [0.4, 0.5) is 0 Å². The van der Waals surface area contributed by atoms with E-state index >= 15 is 0 Å². The number of nitrogens with zero attached hydrogens (tertiary/aromatic N) is 1. The van der Waals surface area contributed by atoms with Gasteiger partial charge in [0.05, 0.1) is 0 Å². The zero-order valence-corrected chi connectivity index (χ0v) is 13.2. The number of hydrogen-bond donors (Lipinski definition) is 1. The number of carbonyl (C=O) groups excluding carboxylic acids is 1. The maximum absolute atomic E-state index is 11.9. The molecule has 0 saturated carbocycles. The summed E-state index contributed by atoms with van der Waals surface area (Å²) in [4.78, 5) is 11.9. The van der Waals surface area contributed by atoms with E-state index in [4.69, 9.17) is 4.42 Å². The Balaban J connectivity index is 2.75. The van der Waals surface area contributed by atoms with Crippen molar-refractivity contribution in [1.82, 2.24) is 9.62 Å². The average molecular weight is 302 g/mol. The summed E-state index contributed by atoms with van der Waals surface area (Å²) in [5.74, 6) is 0.0346. The summed E-state index contributed by atoms with van der Waals surface area (Å²) < 4.78 is 29.8. The Morgan fingerprint density at radius 2 is 1.90 bits per heavy atom. The van der Waals surface area contributed by atoms with E-state index in [0.29, 0.717) is 12.5 Å². The van der Waals surface area contributed by atoms with Crippen molar-refractivity contribution < 1.29 is 17.6 Å². The Morgan fingerprint density at radius 3 is 2.40 bits per heavy atom. The van der Waals surface area contributed by atoms with E-state index in [-0.39, 0.29) is 10.9 Å². The molecule has 7 heteroatoms. The van der Waals surface area contributed by atoms with E-state index in [0.717, 1.165) is 17.1 Å². The molecule has 0 radical (unpaired) electrons. The summed E-state index contributed by atoms with van der Waals surface area (Å²) >= 11 is 0. The van der Waals surface area contributed by atoms with Crippen molar-refractivity contribution in [2.75, 3.05) is 20.6 Å². The minimum atomic E-state index is -3.64. The summed E-state index contributed by atoms with van der Waals surface area (Å²) in [5, 5.41) is 2.53. The van der Waals surface area contributed by atoms with Gasteiger partial charge in [-0.25, -0.2) is 12.7 Å². The molecular weight excluding hydrogens is 280 g/mol. The largest absolute Gasteiger partial charge is 0.438 e. The van der Waals surface area contributed by atoms with Crippen molar-refractivity contribution >= 4 is 15.9 Å². The van der Waals surface area contributed by atoms with Gasteiger partial charge >= 0.3 is 0 Å². The highest BCUT2D eigenvalue weighted by atomic mass is 32.2. The predicted molar refractivity (Wildman–Crippen MR) is 76.0 cm³/mol. The Kier molecular flexibility index (Phi) is 5.76. The Labute approximate surface area is 120 Å². The summed E-state index contributed by atoms with van der Waals surface area (Å²) in [7, 11) is -0.829. The monoisotopic (exact) mass is 302 g/mol. The summed E-state index contributed by atoms with van der Waals surface area (Å²) in [6, 6.07) is 2.67. The predicted octanol–water partition coefficient (Wildman–Crippen LogP) is 1.70. The second-order valence-electron chi connectivity index (χ2n) is 4.80. The first-order valence-electron chi connectivity index (χ1n) is 6.63. The molecule has 1 N–H and O–H groups in total. The fourth-order valence-electron chi connectivity index (χ4n) is 1.66. The molecule has 0 saturated heterocycles. The lowest BCUT2D eigenvalue weighted by Gasteiger charge is -2.12. The van der Waals surface area contributed by atoms with E-state index < -0.39 is 15.9 Å². The smallest absolute Gasteiger partial charge is 0.287 e. The summed E-state index contributed by atoms with van der Waals surface area (Å²) in [6.07, 6.45) is 1.96. The maximum Gasteiger partial charge on any atom is 0.287 e. The summed E-state index contributed by atoms with van der Waals surface area (Å²) in [5.41, 5.74) is 0. The molecule has 1 rings (SSSR count). The Bertz CT molecular complexity index is 544. The van der Waals surface area contributed by atoms with Crippen LogP contribution in [0.5, 0.6) is 0 Å². The number of nitrogens with one attached hydrogen (secondary N) is 1. The van der Waals surface area contributed by atoms with E-state index in [1.807, 2.05) is 0 Å². The number of hydrogen-bond acceptors (Lipinski definition) is 4. The van der Waals surface area contributed by atoms with Crippen molar-refractivity contribution in [3.8, 4) is 0 Å². The highest BCUT2D eigenvalue weighted by Crippen LogP contribution is 2.17. The second-order valence-corrected chi connectivity index (χ2v) is 6.88. The lowest BCUT2D eigenvalue weighted by atomic mass is 10.0. The molecule has 1 aromatic rings. The zero-order valence-electron chi connectivity index (χ0n) is 12.3. The third-order valence-electron chi connectivity index (χ3n) is 3.25. The van der Waals surface area contributed by atoms with Crippen molar-refractivity contribution in [3.63, 3.8) is 0 Å². The topological polar surface area (TPSA) is 79.6 Å². The molecule has 6 nitrogen and oxygen atoms in total. The first kappa shape index (κ1) is 16.7. The Morgan fingerprint density at radius 1 is 1.30 bits per heavy atom. The number of rotatable bonds is 7. The third kappa shape index (κ3) is 3.83. The van der Waals surface area contributed by atoms with Gasteiger partial charge in [0.15, 0.2) is 5.76 Å². The van der Waals surface area contributed by atoms with Crippen LogP contribution in [-0.2, 0) is 10.0 Å². The SMILES string of the molecule is CCC(CC)CNC(=O)c1ccc(S(=O)(=O)N(C)C)o1. The van der Waals surface area contributed by atoms with Crippen LogP contribution < -0.4 is 5.32 Å². The lowest BCUT2D eigenvalue weighted by Crippen LogP contribution is -2.28. The van der Waals surface area contributed by atoms with Crippen molar-refractivity contribution in [1.29, 1.82) is 0 Å². The molecule has 0 atom stereocenters. The second kappa shape index (κ2) is 6.90. The number of furan rings is 1. The van der Waals surface area contributed by atoms with Crippen LogP contribution in [0.15, 0.2) is 21.6 Å². The number of amides is 1. The molecule has 0 bridgehead atoms. The number of carbonyl (C=O) groups is 1. The normalized spacial score (nSPS) is 12.1.